The second-order valence-electron chi connectivity index (χ2n) is 2.42. The van der Waals surface area contributed by atoms with Gasteiger partial charge in [0.25, 0.3) is 0 Å². The van der Waals surface area contributed by atoms with Crippen molar-refractivity contribution in [1.82, 2.24) is 0 Å². The zero-order valence-corrected chi connectivity index (χ0v) is 7.06. The molecule has 0 saturated carbocycles. The third-order valence-corrected chi connectivity index (χ3v) is 1.35. The highest BCUT2D eigenvalue weighted by Gasteiger charge is 1.93. The molecule has 1 rings (SSSR count). The van der Waals surface area contributed by atoms with E-state index in [0.29, 0.717) is 11.4 Å². The van der Waals surface area contributed by atoms with Crippen molar-refractivity contribution < 1.29 is 9.19 Å². The van der Waals surface area contributed by atoms with Crippen LogP contribution < -0.4 is 5.32 Å². The zero-order chi connectivity index (χ0) is 11.7. The number of amides is 1. The normalized spacial score (nSPS) is 9.31. The van der Waals surface area contributed by atoms with Crippen LogP contribution in [-0.2, 0) is 4.79 Å². The largest absolute Gasteiger partial charge is 0.326 e. The lowest BCUT2D eigenvalue weighted by Gasteiger charge is -2.00. The molecule has 1 N–H and O–H groups in total. The minimum absolute atomic E-state index is 0. The van der Waals surface area contributed by atoms with E-state index >= 15 is 0 Å². The molecule has 0 bridgehead atoms. The molecular weight excluding hydrogens is 168 g/mol. The van der Waals surface area contributed by atoms with E-state index in [1.54, 1.807) is 24.3 Å². The zero-order valence-electron chi connectivity index (χ0n) is 9.06. The lowest BCUT2D eigenvalue weighted by Crippen LogP contribution is -2.04. The first-order valence-corrected chi connectivity index (χ1v) is 3.65. The third-order valence-electron chi connectivity index (χ3n) is 1.35. The molecule has 0 atom stereocenters. The Kier molecular flexibility index (Phi) is 2.43. The number of anilines is 1. The number of hydrogen-bond acceptors (Lipinski definition) is 2. The molecule has 0 aliphatic rings. The van der Waals surface area contributed by atoms with Gasteiger partial charge in [-0.2, -0.15) is 0 Å². The van der Waals surface area contributed by atoms with Crippen LogP contribution in [0.3, 0.4) is 0 Å². The maximum atomic E-state index is 10.6. The third kappa shape index (κ3) is 2.84. The molecule has 0 fully saturated rings. The molecular formula is C8H12N4O. The summed E-state index contributed by atoms with van der Waals surface area (Å²) in [5.41, 5.74) is 9.33. The Morgan fingerprint density at radius 2 is 2.23 bits per heavy atom. The number of carbonyl (C=O) groups is 1. The SMILES string of the molecule is CC(=O)Nc1ccc(N=[N+]=[N-])cc1.[2HH].[2H][2H]. The van der Waals surface area contributed by atoms with Crippen molar-refractivity contribution >= 4 is 17.3 Å². The predicted molar refractivity (Wildman–Crippen MR) is 53.8 cm³/mol. The van der Waals surface area contributed by atoms with Crippen LogP contribution in [0.1, 0.15) is 11.3 Å². The van der Waals surface area contributed by atoms with E-state index in [1.807, 2.05) is 0 Å². The molecule has 0 aliphatic carbocycles. The van der Waals surface area contributed by atoms with E-state index in [0.717, 1.165) is 0 Å². The first-order chi connectivity index (χ1) is 7.22. The van der Waals surface area contributed by atoms with Crippen molar-refractivity contribution in [3.05, 3.63) is 34.7 Å². The van der Waals surface area contributed by atoms with E-state index in [4.69, 9.17) is 8.50 Å². The van der Waals surface area contributed by atoms with Crippen molar-refractivity contribution in [2.45, 2.75) is 6.92 Å². The van der Waals surface area contributed by atoms with E-state index in [-0.39, 0.29) is 7.33 Å². The quantitative estimate of drug-likeness (QED) is 0.427. The van der Waals surface area contributed by atoms with Gasteiger partial charge in [-0.15, -0.1) is 0 Å². The molecule has 0 saturated heterocycles. The van der Waals surface area contributed by atoms with Crippen LogP contribution in [-0.4, -0.2) is 5.91 Å². The first-order valence-electron chi connectivity index (χ1n) is 4.65. The number of nitrogens with zero attached hydrogens (tertiary/aromatic N) is 3. The van der Waals surface area contributed by atoms with E-state index in [2.05, 4.69) is 15.3 Å². The molecule has 1 aromatic carbocycles. The Hall–Kier alpha value is -2.00. The summed E-state index contributed by atoms with van der Waals surface area (Å²) < 4.78 is 10.0. The summed E-state index contributed by atoms with van der Waals surface area (Å²) in [6.45, 7) is 1.43. The Balaban J connectivity index is 0. The number of benzene rings is 1. The number of nitrogens with one attached hydrogen (secondary N) is 1. The second kappa shape index (κ2) is 4.13. The van der Waals surface area contributed by atoms with Crippen LogP contribution in [0.4, 0.5) is 11.4 Å². The lowest BCUT2D eigenvalue weighted by atomic mass is 10.3. The van der Waals surface area contributed by atoms with Gasteiger partial charge in [0, 0.05) is 27.6 Å². The molecule has 5 heteroatoms. The van der Waals surface area contributed by atoms with Gasteiger partial charge >= 0.3 is 0 Å². The van der Waals surface area contributed by atoms with E-state index in [1.165, 1.54) is 6.92 Å². The highest BCUT2D eigenvalue weighted by Crippen LogP contribution is 2.15. The van der Waals surface area contributed by atoms with E-state index in [9.17, 15) is 4.79 Å². The van der Waals surface area contributed by atoms with Crippen molar-refractivity contribution in [3.8, 4) is 0 Å². The van der Waals surface area contributed by atoms with Crippen LogP contribution >= 0.6 is 0 Å². The van der Waals surface area contributed by atoms with Crippen molar-refractivity contribution in [3.63, 3.8) is 0 Å². The molecule has 13 heavy (non-hydrogen) atoms. The highest BCUT2D eigenvalue weighted by atomic mass is 16.1. The number of carbonyl (C=O) groups excluding carboxylic acids is 1. The van der Waals surface area contributed by atoms with Gasteiger partial charge in [0.1, 0.15) is 0 Å². The molecule has 1 aromatic rings. The summed E-state index contributed by atoms with van der Waals surface area (Å²) in [6, 6.07) is 6.60. The fourth-order valence-electron chi connectivity index (χ4n) is 0.866. The molecule has 0 aromatic heterocycles. The monoisotopic (exact) mass is 183 g/mol. The molecule has 70 valence electrons. The molecule has 0 spiro atoms. The average molecular weight is 183 g/mol. The standard InChI is InChI=1S/C8H8N4O.2H2/c1-6(13)10-7-2-4-8(5-3-7)11-12-9;;/h2-5H,1H3,(H,10,13);2*1H/i;1+1D;1+1. The maximum absolute atomic E-state index is 10.6. The van der Waals surface area contributed by atoms with Gasteiger partial charge in [-0.05, 0) is 17.7 Å². The van der Waals surface area contributed by atoms with Crippen molar-refractivity contribution in [2.75, 3.05) is 5.32 Å². The summed E-state index contributed by atoms with van der Waals surface area (Å²) in [7, 11) is 0. The Morgan fingerprint density at radius 1 is 1.62 bits per heavy atom. The molecule has 0 unspecified atom stereocenters. The Labute approximate surface area is 79.6 Å². The van der Waals surface area contributed by atoms with Gasteiger partial charge in [-0.3, -0.25) is 4.79 Å². The Morgan fingerprint density at radius 3 is 2.69 bits per heavy atom. The predicted octanol–water partition coefficient (Wildman–Crippen LogP) is 3.08. The van der Waals surface area contributed by atoms with Crippen LogP contribution in [0.25, 0.3) is 10.4 Å². The van der Waals surface area contributed by atoms with E-state index < -0.39 is 0 Å². The molecule has 5 nitrogen and oxygen atoms in total. The Bertz CT molecular complexity index is 362. The van der Waals surface area contributed by atoms with Crippen molar-refractivity contribution in [1.29, 1.82) is 0 Å². The summed E-state index contributed by atoms with van der Waals surface area (Å²) in [4.78, 5) is 13.3. The van der Waals surface area contributed by atoms with Crippen LogP contribution in [0.15, 0.2) is 29.4 Å². The van der Waals surface area contributed by atoms with Gasteiger partial charge in [0.2, 0.25) is 5.91 Å². The van der Waals surface area contributed by atoms with Gasteiger partial charge in [-0.1, -0.05) is 17.2 Å². The fraction of sp³-hybridized carbons (Fsp3) is 0.125. The average Bonchev–Trinajstić information content (AvgIpc) is 2.24. The van der Waals surface area contributed by atoms with Crippen molar-refractivity contribution in [2.24, 2.45) is 5.11 Å². The molecule has 1 amide bonds. The number of hydrogen-bond donors (Lipinski definition) is 1. The fourth-order valence-corrected chi connectivity index (χ4v) is 0.866. The summed E-state index contributed by atoms with van der Waals surface area (Å²) >= 11 is 0. The summed E-state index contributed by atoms with van der Waals surface area (Å²) in [6.07, 6.45) is 0. The smallest absolute Gasteiger partial charge is 0.221 e. The minimum Gasteiger partial charge on any atom is -0.326 e. The van der Waals surface area contributed by atoms with Crippen LogP contribution in [0.2, 0.25) is 0 Å². The van der Waals surface area contributed by atoms with Gasteiger partial charge in [-0.25, -0.2) is 0 Å². The minimum atomic E-state index is -0.128. The molecule has 0 heterocycles. The summed E-state index contributed by atoms with van der Waals surface area (Å²) in [5, 5.41) is 6.00. The number of azide groups is 1. The van der Waals surface area contributed by atoms with Gasteiger partial charge in [0.05, 0.1) is 0 Å². The van der Waals surface area contributed by atoms with Gasteiger partial charge < -0.3 is 5.32 Å². The first kappa shape index (κ1) is 7.64. The summed E-state index contributed by atoms with van der Waals surface area (Å²) in [5.74, 6) is -0.128. The second-order valence-corrected chi connectivity index (χ2v) is 2.42. The number of rotatable bonds is 2. The van der Waals surface area contributed by atoms with Gasteiger partial charge in [0.15, 0.2) is 0 Å². The topological polar surface area (TPSA) is 77.9 Å². The molecule has 0 radical (unpaired) electrons. The highest BCUT2D eigenvalue weighted by molar-refractivity contribution is 5.88. The lowest BCUT2D eigenvalue weighted by molar-refractivity contribution is -0.114. The van der Waals surface area contributed by atoms with Crippen LogP contribution in [0, 0.1) is 0 Å². The van der Waals surface area contributed by atoms with Crippen LogP contribution in [0.5, 0.6) is 0 Å². The maximum Gasteiger partial charge on any atom is 0.221 e. The molecule has 0 aliphatic heterocycles.